The highest BCUT2D eigenvalue weighted by molar-refractivity contribution is 5.96. The number of amides is 1. The lowest BCUT2D eigenvalue weighted by Gasteiger charge is -2.34. The Balaban J connectivity index is 1.73. The molecule has 1 aromatic carbocycles. The summed E-state index contributed by atoms with van der Waals surface area (Å²) >= 11 is 0. The molecule has 1 aliphatic heterocycles. The zero-order valence-electron chi connectivity index (χ0n) is 13.0. The van der Waals surface area contributed by atoms with Gasteiger partial charge >= 0.3 is 0 Å². The van der Waals surface area contributed by atoms with Crippen LogP contribution in [0.15, 0.2) is 41.5 Å². The van der Waals surface area contributed by atoms with Crippen molar-refractivity contribution in [2.45, 2.75) is 25.3 Å². The van der Waals surface area contributed by atoms with Crippen molar-refractivity contribution in [3.8, 4) is 0 Å². The van der Waals surface area contributed by atoms with Crippen molar-refractivity contribution in [1.29, 1.82) is 0 Å². The number of piperidine rings is 1. The molecular formula is C17H17N5O2. The lowest BCUT2D eigenvalue weighted by Crippen LogP contribution is -2.39. The van der Waals surface area contributed by atoms with Crippen LogP contribution in [0.1, 0.15) is 41.6 Å². The van der Waals surface area contributed by atoms with Crippen LogP contribution in [-0.4, -0.2) is 37.5 Å². The van der Waals surface area contributed by atoms with Gasteiger partial charge in [-0.05, 0) is 36.8 Å². The maximum Gasteiger partial charge on any atom is 0.271 e. The fourth-order valence-electron chi connectivity index (χ4n) is 3.32. The predicted molar refractivity (Wildman–Crippen MR) is 88.6 cm³/mol. The SMILES string of the molecule is O=C(c1cc2ccccc2c(=O)[nH]1)N1CCCCC1c1ncn[nH]1. The first-order valence-electron chi connectivity index (χ1n) is 8.02. The highest BCUT2D eigenvalue weighted by atomic mass is 16.2. The first kappa shape index (κ1) is 14.6. The molecule has 2 N–H and O–H groups in total. The molecule has 0 spiro atoms. The predicted octanol–water partition coefficient (Wildman–Crippen LogP) is 2.01. The smallest absolute Gasteiger partial charge is 0.271 e. The largest absolute Gasteiger partial charge is 0.327 e. The van der Waals surface area contributed by atoms with Gasteiger partial charge in [-0.3, -0.25) is 14.7 Å². The van der Waals surface area contributed by atoms with E-state index in [1.807, 2.05) is 18.2 Å². The number of rotatable bonds is 2. The van der Waals surface area contributed by atoms with Gasteiger partial charge in [0.1, 0.15) is 17.8 Å². The maximum absolute atomic E-state index is 13.0. The Morgan fingerprint density at radius 2 is 2.12 bits per heavy atom. The second-order valence-electron chi connectivity index (χ2n) is 5.98. The minimum absolute atomic E-state index is 0.135. The summed E-state index contributed by atoms with van der Waals surface area (Å²) < 4.78 is 0. The quantitative estimate of drug-likeness (QED) is 0.754. The summed E-state index contributed by atoms with van der Waals surface area (Å²) in [7, 11) is 0. The highest BCUT2D eigenvalue weighted by Gasteiger charge is 2.31. The second kappa shape index (κ2) is 5.92. The van der Waals surface area contributed by atoms with Crippen molar-refractivity contribution in [3.05, 3.63) is 58.5 Å². The number of aromatic amines is 2. The summed E-state index contributed by atoms with van der Waals surface area (Å²) in [6.07, 6.45) is 4.25. The number of pyridine rings is 1. The fraction of sp³-hybridized carbons (Fsp3) is 0.294. The Bertz CT molecular complexity index is 932. The van der Waals surface area contributed by atoms with E-state index in [1.165, 1.54) is 6.33 Å². The average molecular weight is 323 g/mol. The van der Waals surface area contributed by atoms with E-state index in [2.05, 4.69) is 20.2 Å². The molecule has 4 rings (SSSR count). The third-order valence-corrected chi connectivity index (χ3v) is 4.50. The summed E-state index contributed by atoms with van der Waals surface area (Å²) in [4.78, 5) is 33.9. The van der Waals surface area contributed by atoms with E-state index in [0.717, 1.165) is 24.6 Å². The Morgan fingerprint density at radius 3 is 2.96 bits per heavy atom. The molecule has 0 saturated carbocycles. The molecule has 2 aromatic heterocycles. The normalized spacial score (nSPS) is 18.0. The first-order valence-corrected chi connectivity index (χ1v) is 8.02. The number of hydrogen-bond donors (Lipinski definition) is 2. The van der Waals surface area contributed by atoms with Crippen molar-refractivity contribution >= 4 is 16.7 Å². The number of carbonyl (C=O) groups is 1. The molecular weight excluding hydrogens is 306 g/mol. The number of hydrogen-bond acceptors (Lipinski definition) is 4. The van der Waals surface area contributed by atoms with Crippen LogP contribution >= 0.6 is 0 Å². The van der Waals surface area contributed by atoms with Gasteiger partial charge in [0, 0.05) is 11.9 Å². The maximum atomic E-state index is 13.0. The molecule has 3 heterocycles. The average Bonchev–Trinajstić information content (AvgIpc) is 3.15. The molecule has 122 valence electrons. The van der Waals surface area contributed by atoms with Gasteiger partial charge in [0.15, 0.2) is 0 Å². The fourth-order valence-corrected chi connectivity index (χ4v) is 3.32. The first-order chi connectivity index (χ1) is 11.7. The number of benzene rings is 1. The summed E-state index contributed by atoms with van der Waals surface area (Å²) in [5.41, 5.74) is 0.0646. The Kier molecular flexibility index (Phi) is 3.60. The van der Waals surface area contributed by atoms with Crippen LogP contribution in [0.2, 0.25) is 0 Å². The Hall–Kier alpha value is -2.96. The molecule has 0 bridgehead atoms. The van der Waals surface area contributed by atoms with E-state index in [4.69, 9.17) is 0 Å². The molecule has 3 aromatic rings. The number of likely N-dealkylation sites (tertiary alicyclic amines) is 1. The van der Waals surface area contributed by atoms with Crippen LogP contribution in [0.3, 0.4) is 0 Å². The second-order valence-corrected chi connectivity index (χ2v) is 5.98. The molecule has 1 amide bonds. The lowest BCUT2D eigenvalue weighted by atomic mass is 10.0. The molecule has 1 unspecified atom stereocenters. The molecule has 1 saturated heterocycles. The number of H-pyrrole nitrogens is 2. The number of aromatic nitrogens is 4. The van der Waals surface area contributed by atoms with E-state index in [9.17, 15) is 9.59 Å². The molecule has 0 aliphatic carbocycles. The zero-order chi connectivity index (χ0) is 16.5. The third-order valence-electron chi connectivity index (χ3n) is 4.50. The molecule has 1 atom stereocenters. The molecule has 7 heteroatoms. The van der Waals surface area contributed by atoms with Crippen LogP contribution in [0, 0.1) is 0 Å². The summed E-state index contributed by atoms with van der Waals surface area (Å²) in [5.74, 6) is 0.505. The van der Waals surface area contributed by atoms with Gasteiger partial charge in [0.05, 0.1) is 6.04 Å². The Labute approximate surface area is 137 Å². The van der Waals surface area contributed by atoms with Gasteiger partial charge in [0.2, 0.25) is 0 Å². The minimum atomic E-state index is -0.246. The van der Waals surface area contributed by atoms with E-state index < -0.39 is 0 Å². The number of nitrogens with one attached hydrogen (secondary N) is 2. The molecule has 1 fully saturated rings. The molecule has 7 nitrogen and oxygen atoms in total. The van der Waals surface area contributed by atoms with Crippen molar-refractivity contribution in [3.63, 3.8) is 0 Å². The summed E-state index contributed by atoms with van der Waals surface area (Å²) in [6.45, 7) is 0.638. The van der Waals surface area contributed by atoms with Crippen LogP contribution in [-0.2, 0) is 0 Å². The van der Waals surface area contributed by atoms with Gasteiger partial charge < -0.3 is 9.88 Å². The monoisotopic (exact) mass is 323 g/mol. The van der Waals surface area contributed by atoms with Gasteiger partial charge in [-0.15, -0.1) is 0 Å². The summed E-state index contributed by atoms with van der Waals surface area (Å²) in [6, 6.07) is 8.86. The standard InChI is InChI=1S/C17H17N5O2/c23-16-12-6-2-1-5-11(12)9-13(20-16)17(24)22-8-4-3-7-14(22)15-18-10-19-21-15/h1-2,5-6,9-10,14H,3-4,7-8H2,(H,20,23)(H,18,19,21). The topological polar surface area (TPSA) is 94.7 Å². The van der Waals surface area contributed by atoms with E-state index >= 15 is 0 Å². The van der Waals surface area contributed by atoms with Crippen LogP contribution in [0.5, 0.6) is 0 Å². The Morgan fingerprint density at radius 1 is 1.25 bits per heavy atom. The van der Waals surface area contributed by atoms with E-state index in [0.29, 0.717) is 23.4 Å². The van der Waals surface area contributed by atoms with Gasteiger partial charge in [0.25, 0.3) is 11.5 Å². The minimum Gasteiger partial charge on any atom is -0.327 e. The van der Waals surface area contributed by atoms with E-state index in [1.54, 1.807) is 17.0 Å². The number of carbonyl (C=O) groups excluding carboxylic acids is 1. The van der Waals surface area contributed by atoms with Crippen LogP contribution < -0.4 is 5.56 Å². The van der Waals surface area contributed by atoms with Gasteiger partial charge in [-0.2, -0.15) is 5.10 Å². The zero-order valence-corrected chi connectivity index (χ0v) is 13.0. The lowest BCUT2D eigenvalue weighted by molar-refractivity contribution is 0.0594. The van der Waals surface area contributed by atoms with E-state index in [-0.39, 0.29) is 17.5 Å². The third kappa shape index (κ3) is 2.47. The van der Waals surface area contributed by atoms with Gasteiger partial charge in [-0.25, -0.2) is 4.98 Å². The number of fused-ring (bicyclic) bond motifs is 1. The van der Waals surface area contributed by atoms with Crippen molar-refractivity contribution in [2.75, 3.05) is 6.54 Å². The van der Waals surface area contributed by atoms with Gasteiger partial charge in [-0.1, -0.05) is 18.2 Å². The van der Waals surface area contributed by atoms with Crippen LogP contribution in [0.4, 0.5) is 0 Å². The molecule has 0 radical (unpaired) electrons. The summed E-state index contributed by atoms with van der Waals surface area (Å²) in [5, 5.41) is 8.09. The highest BCUT2D eigenvalue weighted by Crippen LogP contribution is 2.29. The molecule has 24 heavy (non-hydrogen) atoms. The number of nitrogens with zero attached hydrogens (tertiary/aromatic N) is 3. The van der Waals surface area contributed by atoms with Crippen molar-refractivity contribution in [2.24, 2.45) is 0 Å². The van der Waals surface area contributed by atoms with Crippen LogP contribution in [0.25, 0.3) is 10.8 Å². The van der Waals surface area contributed by atoms with Crippen molar-refractivity contribution in [1.82, 2.24) is 25.1 Å². The van der Waals surface area contributed by atoms with Crippen molar-refractivity contribution < 1.29 is 4.79 Å². The molecule has 1 aliphatic rings.